The van der Waals surface area contributed by atoms with E-state index < -0.39 is 16.1 Å². The van der Waals surface area contributed by atoms with Crippen molar-refractivity contribution >= 4 is 15.9 Å². The van der Waals surface area contributed by atoms with Crippen LogP contribution in [-0.2, 0) is 16.4 Å². The Bertz CT molecular complexity index is 514. The quantitative estimate of drug-likeness (QED) is 0.296. The van der Waals surface area contributed by atoms with E-state index in [1.165, 1.54) is 0 Å². The van der Waals surface area contributed by atoms with Crippen molar-refractivity contribution in [3.8, 4) is 0 Å². The Labute approximate surface area is 113 Å². The minimum atomic E-state index is -3.38. The molecule has 0 aromatic heterocycles. The lowest BCUT2D eigenvalue weighted by Crippen LogP contribution is -2.37. The van der Waals surface area contributed by atoms with Crippen molar-refractivity contribution in [2.45, 2.75) is 25.8 Å². The van der Waals surface area contributed by atoms with E-state index in [9.17, 15) is 8.42 Å². The maximum atomic E-state index is 11.8. The molecule has 1 aromatic carbocycles. The third-order valence-electron chi connectivity index (χ3n) is 2.53. The van der Waals surface area contributed by atoms with Crippen LogP contribution >= 0.6 is 0 Å². The number of hydrogen-bond acceptors (Lipinski definition) is 4. The first-order valence-electron chi connectivity index (χ1n) is 5.93. The van der Waals surface area contributed by atoms with E-state index in [0.717, 1.165) is 5.56 Å². The summed E-state index contributed by atoms with van der Waals surface area (Å²) < 4.78 is 26.2. The van der Waals surface area contributed by atoms with Gasteiger partial charge in [-0.2, -0.15) is 0 Å². The van der Waals surface area contributed by atoms with Gasteiger partial charge in [-0.1, -0.05) is 35.5 Å². The van der Waals surface area contributed by atoms with E-state index in [1.807, 2.05) is 30.3 Å². The highest BCUT2D eigenvalue weighted by atomic mass is 32.2. The molecule has 106 valence electrons. The van der Waals surface area contributed by atoms with Crippen molar-refractivity contribution in [3.63, 3.8) is 0 Å². The number of nitrogens with two attached hydrogens (primary N) is 1. The zero-order valence-corrected chi connectivity index (χ0v) is 11.6. The topological polar surface area (TPSA) is 105 Å². The average molecular weight is 285 g/mol. The number of rotatable bonds is 7. The number of nitrogens with zero attached hydrogens (tertiary/aromatic N) is 1. The van der Waals surface area contributed by atoms with Crippen LogP contribution in [0.15, 0.2) is 35.5 Å². The molecule has 6 nitrogen and oxygen atoms in total. The monoisotopic (exact) mass is 285 g/mol. The van der Waals surface area contributed by atoms with Gasteiger partial charge in [0.25, 0.3) is 0 Å². The molecule has 1 aromatic rings. The van der Waals surface area contributed by atoms with Crippen LogP contribution in [-0.4, -0.2) is 31.3 Å². The van der Waals surface area contributed by atoms with E-state index >= 15 is 0 Å². The summed E-state index contributed by atoms with van der Waals surface area (Å²) >= 11 is 0. The van der Waals surface area contributed by atoms with Crippen molar-refractivity contribution in [2.24, 2.45) is 10.9 Å². The Morgan fingerprint density at radius 3 is 2.63 bits per heavy atom. The fourth-order valence-corrected chi connectivity index (χ4v) is 2.98. The van der Waals surface area contributed by atoms with Gasteiger partial charge in [-0.15, -0.1) is 0 Å². The van der Waals surface area contributed by atoms with Crippen LogP contribution in [0.25, 0.3) is 0 Å². The molecule has 0 aliphatic heterocycles. The lowest BCUT2D eigenvalue weighted by Gasteiger charge is -2.13. The van der Waals surface area contributed by atoms with Gasteiger partial charge in [-0.3, -0.25) is 0 Å². The molecule has 1 rings (SSSR count). The number of sulfonamides is 1. The number of amidine groups is 1. The van der Waals surface area contributed by atoms with Gasteiger partial charge in [0.1, 0.15) is 5.84 Å². The van der Waals surface area contributed by atoms with E-state index in [-0.39, 0.29) is 18.0 Å². The van der Waals surface area contributed by atoms with Crippen molar-refractivity contribution in [1.29, 1.82) is 0 Å². The van der Waals surface area contributed by atoms with Gasteiger partial charge in [0.2, 0.25) is 10.0 Å². The lowest BCUT2D eigenvalue weighted by atomic mass is 10.2. The molecule has 4 N–H and O–H groups in total. The second-order valence-electron chi connectivity index (χ2n) is 4.37. The summed E-state index contributed by atoms with van der Waals surface area (Å²) in [6.45, 7) is 1.66. The first-order chi connectivity index (χ1) is 8.93. The molecule has 0 saturated heterocycles. The highest BCUT2D eigenvalue weighted by Crippen LogP contribution is 2.02. The summed E-state index contributed by atoms with van der Waals surface area (Å²) in [5, 5.41) is 11.2. The molecule has 0 saturated carbocycles. The second-order valence-corrected chi connectivity index (χ2v) is 6.24. The number of nitrogens with one attached hydrogen (secondary N) is 1. The SMILES string of the molecule is CC(C/C(N)=N/O)NS(=O)(=O)CCc1ccccc1. The molecule has 0 fully saturated rings. The third-order valence-corrected chi connectivity index (χ3v) is 4.03. The van der Waals surface area contributed by atoms with E-state index in [1.54, 1.807) is 6.92 Å². The zero-order valence-electron chi connectivity index (χ0n) is 10.8. The first kappa shape index (κ1) is 15.5. The molecule has 0 radical (unpaired) electrons. The molecule has 0 aliphatic carbocycles. The van der Waals surface area contributed by atoms with Gasteiger partial charge in [0, 0.05) is 12.5 Å². The van der Waals surface area contributed by atoms with Crippen LogP contribution in [0.2, 0.25) is 0 Å². The molecule has 0 amide bonds. The molecule has 7 heteroatoms. The molecule has 0 spiro atoms. The molecule has 1 atom stereocenters. The summed E-state index contributed by atoms with van der Waals surface area (Å²) in [4.78, 5) is 0. The van der Waals surface area contributed by atoms with E-state index in [2.05, 4.69) is 9.88 Å². The largest absolute Gasteiger partial charge is 0.409 e. The minimum Gasteiger partial charge on any atom is -0.409 e. The summed E-state index contributed by atoms with van der Waals surface area (Å²) in [5.41, 5.74) is 6.29. The summed E-state index contributed by atoms with van der Waals surface area (Å²) in [6.07, 6.45) is 0.619. The van der Waals surface area contributed by atoms with Crippen molar-refractivity contribution in [1.82, 2.24) is 4.72 Å². The molecular formula is C12H19N3O3S. The Morgan fingerprint density at radius 2 is 2.05 bits per heavy atom. The number of benzene rings is 1. The fourth-order valence-electron chi connectivity index (χ4n) is 1.66. The highest BCUT2D eigenvalue weighted by Gasteiger charge is 2.15. The zero-order chi connectivity index (χ0) is 14.3. The van der Waals surface area contributed by atoms with Gasteiger partial charge in [0.15, 0.2) is 0 Å². The molecule has 1 unspecified atom stereocenters. The van der Waals surface area contributed by atoms with Crippen molar-refractivity contribution < 1.29 is 13.6 Å². The van der Waals surface area contributed by atoms with Crippen LogP contribution in [0.5, 0.6) is 0 Å². The Balaban J connectivity index is 2.48. The lowest BCUT2D eigenvalue weighted by molar-refractivity contribution is 0.316. The van der Waals surface area contributed by atoms with Gasteiger partial charge in [0.05, 0.1) is 5.75 Å². The predicted octanol–water partition coefficient (Wildman–Crippen LogP) is 0.674. The van der Waals surface area contributed by atoms with Crippen LogP contribution in [0.1, 0.15) is 18.9 Å². The van der Waals surface area contributed by atoms with E-state index in [0.29, 0.717) is 6.42 Å². The van der Waals surface area contributed by atoms with Crippen LogP contribution in [0.3, 0.4) is 0 Å². The average Bonchev–Trinajstić information content (AvgIpc) is 2.37. The number of aryl methyl sites for hydroxylation is 1. The second kappa shape index (κ2) is 7.10. The summed E-state index contributed by atoms with van der Waals surface area (Å²) in [7, 11) is -3.38. The Morgan fingerprint density at radius 1 is 1.42 bits per heavy atom. The van der Waals surface area contributed by atoms with Gasteiger partial charge >= 0.3 is 0 Å². The Kier molecular flexibility index (Phi) is 5.78. The number of oxime groups is 1. The standard InChI is InChI=1S/C12H19N3O3S/c1-10(9-12(13)14-16)15-19(17,18)8-7-11-5-3-2-4-6-11/h2-6,10,15-16H,7-9H2,1H3,(H2,13,14). The predicted molar refractivity (Wildman–Crippen MR) is 74.6 cm³/mol. The maximum Gasteiger partial charge on any atom is 0.212 e. The molecule has 0 bridgehead atoms. The van der Waals surface area contributed by atoms with Crippen LogP contribution in [0.4, 0.5) is 0 Å². The van der Waals surface area contributed by atoms with Crippen molar-refractivity contribution in [3.05, 3.63) is 35.9 Å². The number of hydrogen-bond donors (Lipinski definition) is 3. The van der Waals surface area contributed by atoms with Gasteiger partial charge in [-0.25, -0.2) is 13.1 Å². The normalized spacial score (nSPS) is 14.3. The summed E-state index contributed by atoms with van der Waals surface area (Å²) in [5.74, 6) is 0.00982. The summed E-state index contributed by atoms with van der Waals surface area (Å²) in [6, 6.07) is 8.99. The first-order valence-corrected chi connectivity index (χ1v) is 7.58. The minimum absolute atomic E-state index is 0.00161. The van der Waals surface area contributed by atoms with Crippen LogP contribution < -0.4 is 10.5 Å². The highest BCUT2D eigenvalue weighted by molar-refractivity contribution is 7.89. The van der Waals surface area contributed by atoms with Gasteiger partial charge in [-0.05, 0) is 18.9 Å². The molecule has 0 aliphatic rings. The maximum absolute atomic E-state index is 11.8. The Hall–Kier alpha value is -1.60. The smallest absolute Gasteiger partial charge is 0.212 e. The fraction of sp³-hybridized carbons (Fsp3) is 0.417. The van der Waals surface area contributed by atoms with Crippen molar-refractivity contribution in [2.75, 3.05) is 5.75 Å². The molecular weight excluding hydrogens is 266 g/mol. The molecule has 19 heavy (non-hydrogen) atoms. The van der Waals surface area contributed by atoms with Crippen LogP contribution in [0, 0.1) is 0 Å². The molecule has 0 heterocycles. The van der Waals surface area contributed by atoms with E-state index in [4.69, 9.17) is 10.9 Å². The van der Waals surface area contributed by atoms with Gasteiger partial charge < -0.3 is 10.9 Å². The third kappa shape index (κ3) is 6.21.